The molecule has 1 aliphatic rings. The molecule has 3 atom stereocenters. The number of halogens is 1. The van der Waals surface area contributed by atoms with Crippen molar-refractivity contribution >= 4 is 15.9 Å². The maximum Gasteiger partial charge on any atom is 0.0464 e. The largest absolute Gasteiger partial charge is 0.385 e. The third-order valence-electron chi connectivity index (χ3n) is 3.48. The van der Waals surface area contributed by atoms with Gasteiger partial charge >= 0.3 is 0 Å². The Labute approximate surface area is 96.7 Å². The summed E-state index contributed by atoms with van der Waals surface area (Å²) in [5.41, 5.74) is 0. The first-order valence-electron chi connectivity index (χ1n) is 5.87. The highest BCUT2D eigenvalue weighted by atomic mass is 79.9. The minimum Gasteiger partial charge on any atom is -0.385 e. The maximum absolute atomic E-state index is 5.15. The van der Waals surface area contributed by atoms with Gasteiger partial charge in [-0.15, -0.1) is 0 Å². The molecule has 3 unspecified atom stereocenters. The molecule has 0 heterocycles. The van der Waals surface area contributed by atoms with Gasteiger partial charge < -0.3 is 4.74 Å². The van der Waals surface area contributed by atoms with Crippen molar-refractivity contribution in [1.82, 2.24) is 0 Å². The number of rotatable bonds is 4. The van der Waals surface area contributed by atoms with Crippen molar-refractivity contribution in [3.63, 3.8) is 0 Å². The molecule has 0 aliphatic heterocycles. The first-order chi connectivity index (χ1) is 6.74. The van der Waals surface area contributed by atoms with Crippen LogP contribution in [-0.4, -0.2) is 18.5 Å². The molecule has 0 aromatic carbocycles. The second kappa shape index (κ2) is 6.84. The van der Waals surface area contributed by atoms with Crippen LogP contribution in [0, 0.1) is 11.8 Å². The van der Waals surface area contributed by atoms with Crippen LogP contribution in [0.1, 0.15) is 45.4 Å². The number of hydrogen-bond donors (Lipinski definition) is 0. The molecule has 0 saturated heterocycles. The summed E-state index contributed by atoms with van der Waals surface area (Å²) in [5.74, 6) is 1.74. The lowest BCUT2D eigenvalue weighted by molar-refractivity contribution is 0.161. The molecule has 1 rings (SSSR count). The molecular weight excluding hydrogens is 240 g/mol. The van der Waals surface area contributed by atoms with Crippen LogP contribution < -0.4 is 0 Å². The highest BCUT2D eigenvalue weighted by molar-refractivity contribution is 9.09. The quantitative estimate of drug-likeness (QED) is 0.550. The van der Waals surface area contributed by atoms with Crippen molar-refractivity contribution in [1.29, 1.82) is 0 Å². The monoisotopic (exact) mass is 262 g/mol. The van der Waals surface area contributed by atoms with Gasteiger partial charge in [0, 0.05) is 18.5 Å². The van der Waals surface area contributed by atoms with E-state index in [-0.39, 0.29) is 0 Å². The van der Waals surface area contributed by atoms with E-state index in [0.29, 0.717) is 0 Å². The zero-order chi connectivity index (χ0) is 10.4. The van der Waals surface area contributed by atoms with E-state index < -0.39 is 0 Å². The molecule has 1 nitrogen and oxygen atoms in total. The molecule has 1 fully saturated rings. The van der Waals surface area contributed by atoms with E-state index in [9.17, 15) is 0 Å². The Morgan fingerprint density at radius 1 is 1.36 bits per heavy atom. The lowest BCUT2D eigenvalue weighted by atomic mass is 9.85. The van der Waals surface area contributed by atoms with E-state index in [1.165, 1.54) is 38.5 Å². The molecular formula is C12H23BrO. The van der Waals surface area contributed by atoms with Gasteiger partial charge in [-0.1, -0.05) is 42.1 Å². The molecule has 84 valence electrons. The van der Waals surface area contributed by atoms with Crippen LogP contribution in [0.5, 0.6) is 0 Å². The van der Waals surface area contributed by atoms with Crippen LogP contribution in [-0.2, 0) is 4.74 Å². The van der Waals surface area contributed by atoms with Gasteiger partial charge in [-0.25, -0.2) is 0 Å². The summed E-state index contributed by atoms with van der Waals surface area (Å²) in [6.45, 7) is 3.30. The van der Waals surface area contributed by atoms with Crippen LogP contribution in [0.3, 0.4) is 0 Å². The second-order valence-corrected chi connectivity index (χ2v) is 5.93. The topological polar surface area (TPSA) is 9.23 Å². The summed E-state index contributed by atoms with van der Waals surface area (Å²) in [4.78, 5) is 0.764. The first kappa shape index (κ1) is 12.5. The van der Waals surface area contributed by atoms with Crippen molar-refractivity contribution in [2.75, 3.05) is 13.7 Å². The Hall–Kier alpha value is 0.440. The summed E-state index contributed by atoms with van der Waals surface area (Å²) in [6, 6.07) is 0. The Kier molecular flexibility index (Phi) is 6.11. The zero-order valence-electron chi connectivity index (χ0n) is 9.47. The van der Waals surface area contributed by atoms with E-state index in [1.54, 1.807) is 7.11 Å². The predicted octanol–water partition coefficient (Wildman–Crippen LogP) is 4.00. The molecule has 0 spiro atoms. The Morgan fingerprint density at radius 3 is 2.79 bits per heavy atom. The van der Waals surface area contributed by atoms with E-state index in [1.807, 2.05) is 0 Å². The van der Waals surface area contributed by atoms with Crippen LogP contribution >= 0.6 is 15.9 Å². The summed E-state index contributed by atoms with van der Waals surface area (Å²) < 4.78 is 5.15. The van der Waals surface area contributed by atoms with Gasteiger partial charge in [0.25, 0.3) is 0 Å². The molecule has 2 heteroatoms. The Balaban J connectivity index is 2.32. The second-order valence-electron chi connectivity index (χ2n) is 4.64. The third kappa shape index (κ3) is 4.31. The van der Waals surface area contributed by atoms with Crippen LogP contribution in [0.15, 0.2) is 0 Å². The molecule has 14 heavy (non-hydrogen) atoms. The van der Waals surface area contributed by atoms with Crippen LogP contribution in [0.4, 0.5) is 0 Å². The van der Waals surface area contributed by atoms with Gasteiger partial charge in [0.1, 0.15) is 0 Å². The average molecular weight is 263 g/mol. The molecule has 0 amide bonds. The van der Waals surface area contributed by atoms with E-state index in [2.05, 4.69) is 22.9 Å². The molecule has 0 radical (unpaired) electrons. The summed E-state index contributed by atoms with van der Waals surface area (Å²) >= 11 is 3.78. The minimum atomic E-state index is 0.764. The van der Waals surface area contributed by atoms with Gasteiger partial charge in [-0.2, -0.15) is 0 Å². The maximum atomic E-state index is 5.15. The van der Waals surface area contributed by atoms with Crippen molar-refractivity contribution in [2.45, 2.75) is 50.3 Å². The molecule has 0 N–H and O–H groups in total. The molecule has 0 aromatic rings. The van der Waals surface area contributed by atoms with Gasteiger partial charge in [0.2, 0.25) is 0 Å². The molecule has 0 aromatic heterocycles. The number of hydrogen-bond acceptors (Lipinski definition) is 1. The highest BCUT2D eigenvalue weighted by Crippen LogP contribution is 2.33. The zero-order valence-corrected chi connectivity index (χ0v) is 11.1. The van der Waals surface area contributed by atoms with Gasteiger partial charge in [0.15, 0.2) is 0 Å². The summed E-state index contributed by atoms with van der Waals surface area (Å²) in [6.07, 6.45) is 8.21. The standard InChI is InChI=1S/C12H23BrO/c1-10(7-8-14-2)11-5-3-4-6-12(13)9-11/h10-12H,3-9H2,1-2H3. The minimum absolute atomic E-state index is 0.764. The average Bonchev–Trinajstić information content (AvgIpc) is 2.39. The lowest BCUT2D eigenvalue weighted by Crippen LogP contribution is -2.15. The third-order valence-corrected chi connectivity index (χ3v) is 4.31. The Morgan fingerprint density at radius 2 is 2.07 bits per heavy atom. The van der Waals surface area contributed by atoms with Crippen LogP contribution in [0.2, 0.25) is 0 Å². The normalized spacial score (nSPS) is 31.1. The van der Waals surface area contributed by atoms with Gasteiger partial charge in [-0.3, -0.25) is 0 Å². The SMILES string of the molecule is COCCC(C)C1CCCCC(Br)C1. The fourth-order valence-corrected chi connectivity index (χ4v) is 3.20. The summed E-state index contributed by atoms with van der Waals surface area (Å²) in [7, 11) is 1.80. The van der Waals surface area contributed by atoms with Crippen molar-refractivity contribution in [3.05, 3.63) is 0 Å². The highest BCUT2D eigenvalue weighted by Gasteiger charge is 2.22. The number of alkyl halides is 1. The van der Waals surface area contributed by atoms with E-state index in [4.69, 9.17) is 4.74 Å². The predicted molar refractivity (Wildman–Crippen MR) is 64.9 cm³/mol. The number of methoxy groups -OCH3 is 1. The number of ether oxygens (including phenoxy) is 1. The molecule has 1 saturated carbocycles. The summed E-state index contributed by atoms with van der Waals surface area (Å²) in [5, 5.41) is 0. The molecule has 0 bridgehead atoms. The van der Waals surface area contributed by atoms with Crippen molar-refractivity contribution in [2.24, 2.45) is 11.8 Å². The fraction of sp³-hybridized carbons (Fsp3) is 1.00. The van der Waals surface area contributed by atoms with E-state index in [0.717, 1.165) is 23.3 Å². The van der Waals surface area contributed by atoms with Crippen molar-refractivity contribution in [3.8, 4) is 0 Å². The van der Waals surface area contributed by atoms with Gasteiger partial charge in [-0.05, 0) is 31.1 Å². The van der Waals surface area contributed by atoms with Gasteiger partial charge in [0.05, 0.1) is 0 Å². The molecule has 1 aliphatic carbocycles. The van der Waals surface area contributed by atoms with E-state index >= 15 is 0 Å². The lowest BCUT2D eigenvalue weighted by Gasteiger charge is -2.23. The smallest absolute Gasteiger partial charge is 0.0464 e. The fourth-order valence-electron chi connectivity index (χ4n) is 2.39. The first-order valence-corrected chi connectivity index (χ1v) is 6.78. The Bertz CT molecular complexity index is 149. The van der Waals surface area contributed by atoms with Crippen LogP contribution in [0.25, 0.3) is 0 Å². The van der Waals surface area contributed by atoms with Crippen molar-refractivity contribution < 1.29 is 4.74 Å².